The maximum Gasteiger partial charge on any atom is 0.339 e. The summed E-state index contributed by atoms with van der Waals surface area (Å²) in [5.41, 5.74) is 0.777. The highest BCUT2D eigenvalue weighted by Crippen LogP contribution is 2.27. The number of hydrogen-bond acceptors (Lipinski definition) is 5. The molecule has 2 aromatic rings. The molecule has 2 aromatic heterocycles. The second-order valence-electron chi connectivity index (χ2n) is 4.20. The van der Waals surface area contributed by atoms with Crippen molar-refractivity contribution in [1.29, 1.82) is 0 Å². The molecule has 0 aliphatic rings. The van der Waals surface area contributed by atoms with E-state index in [9.17, 15) is 9.90 Å². The lowest BCUT2D eigenvalue weighted by Gasteiger charge is -2.23. The molecule has 0 aliphatic heterocycles. The van der Waals surface area contributed by atoms with Gasteiger partial charge in [-0.1, -0.05) is 11.6 Å². The molecule has 2 heterocycles. The lowest BCUT2D eigenvalue weighted by molar-refractivity contribution is -0.0314. The van der Waals surface area contributed by atoms with Crippen molar-refractivity contribution in [3.63, 3.8) is 0 Å². The van der Waals surface area contributed by atoms with Crippen LogP contribution in [-0.2, 0) is 9.47 Å². The van der Waals surface area contributed by atoms with E-state index in [1.165, 1.54) is 24.9 Å². The number of ether oxygens (including phenoxy) is 2. The van der Waals surface area contributed by atoms with Gasteiger partial charge in [-0.3, -0.25) is 0 Å². The molecule has 0 amide bonds. The summed E-state index contributed by atoms with van der Waals surface area (Å²) in [6, 6.07) is 1.54. The summed E-state index contributed by atoms with van der Waals surface area (Å²) in [6.07, 6.45) is 0.276. The highest BCUT2D eigenvalue weighted by molar-refractivity contribution is 6.29. The highest BCUT2D eigenvalue weighted by Gasteiger charge is 2.28. The molecule has 8 heteroatoms. The largest absolute Gasteiger partial charge is 0.478 e. The number of carbonyl (C=O) groups is 1. The zero-order valence-corrected chi connectivity index (χ0v) is 12.0. The van der Waals surface area contributed by atoms with Crippen LogP contribution in [0, 0.1) is 0 Å². The lowest BCUT2D eigenvalue weighted by atomic mass is 10.1. The summed E-state index contributed by atoms with van der Waals surface area (Å²) < 4.78 is 12.0. The maximum absolute atomic E-state index is 11.4. The van der Waals surface area contributed by atoms with Crippen LogP contribution in [0.1, 0.15) is 29.1 Å². The Balaban J connectivity index is 2.74. The zero-order valence-electron chi connectivity index (χ0n) is 11.2. The fourth-order valence-corrected chi connectivity index (χ4v) is 2.18. The van der Waals surface area contributed by atoms with E-state index in [2.05, 4.69) is 10.1 Å². The number of fused-ring (bicyclic) bond motifs is 1. The van der Waals surface area contributed by atoms with Crippen molar-refractivity contribution in [3.05, 3.63) is 28.7 Å². The summed E-state index contributed by atoms with van der Waals surface area (Å²) in [7, 11) is 2.99. The summed E-state index contributed by atoms with van der Waals surface area (Å²) in [5, 5.41) is 13.6. The minimum absolute atomic E-state index is 0.00647. The number of nitrogens with zero attached hydrogens (tertiary/aromatic N) is 3. The molecule has 0 bridgehead atoms. The molecule has 0 spiro atoms. The van der Waals surface area contributed by atoms with Crippen molar-refractivity contribution in [2.75, 3.05) is 14.2 Å². The van der Waals surface area contributed by atoms with Crippen molar-refractivity contribution < 1.29 is 19.4 Å². The van der Waals surface area contributed by atoms with Crippen molar-refractivity contribution in [1.82, 2.24) is 14.6 Å². The number of halogens is 1. The summed E-state index contributed by atoms with van der Waals surface area (Å²) >= 11 is 5.86. The van der Waals surface area contributed by atoms with Crippen LogP contribution in [0.15, 0.2) is 12.3 Å². The summed E-state index contributed by atoms with van der Waals surface area (Å²) in [6.45, 7) is 1.77. The van der Waals surface area contributed by atoms with E-state index in [1.807, 2.05) is 0 Å². The SMILES string of the molecule is CO[C@H](c1c(C(=O)O)cnc2cc(Cl)nn12)[C@@H](C)OC. The first-order valence-corrected chi connectivity index (χ1v) is 6.20. The Hall–Kier alpha value is -1.70. The second-order valence-corrected chi connectivity index (χ2v) is 4.58. The summed E-state index contributed by atoms with van der Waals surface area (Å²) in [4.78, 5) is 15.4. The van der Waals surface area contributed by atoms with Crippen LogP contribution >= 0.6 is 11.6 Å². The van der Waals surface area contributed by atoms with Gasteiger partial charge in [0.2, 0.25) is 0 Å². The molecule has 1 N–H and O–H groups in total. The third-order valence-corrected chi connectivity index (χ3v) is 3.23. The van der Waals surface area contributed by atoms with E-state index in [1.54, 1.807) is 13.0 Å². The molecule has 0 radical (unpaired) electrons. The smallest absolute Gasteiger partial charge is 0.339 e. The van der Waals surface area contributed by atoms with E-state index in [0.717, 1.165) is 0 Å². The average molecular weight is 300 g/mol. The molecule has 2 rings (SSSR count). The number of hydrogen-bond donors (Lipinski definition) is 1. The van der Waals surface area contributed by atoms with Crippen LogP contribution in [0.3, 0.4) is 0 Å². The Morgan fingerprint density at radius 1 is 1.45 bits per heavy atom. The molecule has 0 aliphatic carbocycles. The fraction of sp³-hybridized carbons (Fsp3) is 0.417. The van der Waals surface area contributed by atoms with Gasteiger partial charge in [0.1, 0.15) is 11.7 Å². The number of methoxy groups -OCH3 is 2. The van der Waals surface area contributed by atoms with Gasteiger partial charge in [-0.25, -0.2) is 14.3 Å². The molecule has 0 aromatic carbocycles. The minimum Gasteiger partial charge on any atom is -0.478 e. The highest BCUT2D eigenvalue weighted by atomic mass is 35.5. The van der Waals surface area contributed by atoms with Crippen LogP contribution in [0.2, 0.25) is 5.15 Å². The Kier molecular flexibility index (Phi) is 4.22. The molecule has 0 unspecified atom stereocenters. The van der Waals surface area contributed by atoms with Crippen molar-refractivity contribution in [2.45, 2.75) is 19.1 Å². The molecule has 7 nitrogen and oxygen atoms in total. The Bertz CT molecular complexity index is 643. The third-order valence-electron chi connectivity index (χ3n) is 3.04. The van der Waals surface area contributed by atoms with E-state index >= 15 is 0 Å². The predicted molar refractivity (Wildman–Crippen MR) is 71.2 cm³/mol. The Morgan fingerprint density at radius 2 is 2.15 bits per heavy atom. The second kappa shape index (κ2) is 5.74. The van der Waals surface area contributed by atoms with Gasteiger partial charge in [-0.2, -0.15) is 5.10 Å². The van der Waals surface area contributed by atoms with E-state index in [4.69, 9.17) is 21.1 Å². The number of aromatic nitrogens is 3. The lowest BCUT2D eigenvalue weighted by Crippen LogP contribution is -2.25. The number of rotatable bonds is 5. The molecule has 0 fully saturated rings. The first-order chi connectivity index (χ1) is 9.49. The van der Waals surface area contributed by atoms with Gasteiger partial charge < -0.3 is 14.6 Å². The van der Waals surface area contributed by atoms with Gasteiger partial charge in [0.15, 0.2) is 10.8 Å². The maximum atomic E-state index is 11.4. The van der Waals surface area contributed by atoms with Gasteiger partial charge in [-0.15, -0.1) is 0 Å². The van der Waals surface area contributed by atoms with Crippen molar-refractivity contribution >= 4 is 23.2 Å². The van der Waals surface area contributed by atoms with Gasteiger partial charge >= 0.3 is 5.97 Å². The van der Waals surface area contributed by atoms with Crippen LogP contribution in [0.25, 0.3) is 5.65 Å². The number of carboxylic acids is 1. The molecule has 108 valence electrons. The molecule has 2 atom stereocenters. The van der Waals surface area contributed by atoms with E-state index in [0.29, 0.717) is 11.3 Å². The van der Waals surface area contributed by atoms with Gasteiger partial charge in [0.25, 0.3) is 0 Å². The Labute approximate surface area is 120 Å². The van der Waals surface area contributed by atoms with Gasteiger partial charge in [0, 0.05) is 26.5 Å². The first-order valence-electron chi connectivity index (χ1n) is 5.82. The fourth-order valence-electron chi connectivity index (χ4n) is 2.01. The quantitative estimate of drug-likeness (QED) is 0.906. The van der Waals surface area contributed by atoms with Gasteiger partial charge in [0.05, 0.1) is 11.8 Å². The van der Waals surface area contributed by atoms with Crippen LogP contribution in [-0.4, -0.2) is 46.0 Å². The molecule has 0 saturated heterocycles. The zero-order chi connectivity index (χ0) is 14.9. The van der Waals surface area contributed by atoms with Crippen LogP contribution in [0.4, 0.5) is 0 Å². The van der Waals surface area contributed by atoms with Gasteiger partial charge in [-0.05, 0) is 6.92 Å². The minimum atomic E-state index is -1.12. The predicted octanol–water partition coefficient (Wildman–Crippen LogP) is 1.80. The molecular weight excluding hydrogens is 286 g/mol. The monoisotopic (exact) mass is 299 g/mol. The molecule has 0 saturated carbocycles. The standard InChI is InChI=1S/C12H14ClN3O4/c1-6(19-2)11(20-3)10-7(12(17)18)5-14-9-4-8(13)15-16(9)10/h4-6,11H,1-3H3,(H,17,18)/t6-,11+/m1/s1. The average Bonchev–Trinajstić information content (AvgIpc) is 2.79. The summed E-state index contributed by atoms with van der Waals surface area (Å²) in [5.74, 6) is -1.12. The Morgan fingerprint density at radius 3 is 2.70 bits per heavy atom. The number of aromatic carboxylic acids is 1. The number of carboxylic acid groups (broad SMARTS) is 1. The van der Waals surface area contributed by atoms with E-state index in [-0.39, 0.29) is 16.8 Å². The molecule has 20 heavy (non-hydrogen) atoms. The van der Waals surface area contributed by atoms with Crippen LogP contribution in [0.5, 0.6) is 0 Å². The van der Waals surface area contributed by atoms with Crippen molar-refractivity contribution in [3.8, 4) is 0 Å². The molecular formula is C12H14ClN3O4. The van der Waals surface area contributed by atoms with Crippen LogP contribution < -0.4 is 0 Å². The topological polar surface area (TPSA) is 86.0 Å². The first kappa shape index (κ1) is 14.7. The third kappa shape index (κ3) is 2.47. The van der Waals surface area contributed by atoms with E-state index < -0.39 is 12.1 Å². The normalized spacial score (nSPS) is 14.4. The van der Waals surface area contributed by atoms with Crippen molar-refractivity contribution in [2.24, 2.45) is 0 Å².